The van der Waals surface area contributed by atoms with Crippen LogP contribution in [0.4, 0.5) is 5.82 Å². The lowest BCUT2D eigenvalue weighted by atomic mass is 10.3. The minimum absolute atomic E-state index is 0.179. The van der Waals surface area contributed by atoms with Crippen molar-refractivity contribution in [3.8, 4) is 0 Å². The first-order valence-electron chi connectivity index (χ1n) is 3.41. The number of nitrogens with zero attached hydrogens (tertiary/aromatic N) is 1. The van der Waals surface area contributed by atoms with Crippen LogP contribution in [0.1, 0.15) is 17.3 Å². The largest absolute Gasteiger partial charge is 0.311 e. The number of anilines is 1. The van der Waals surface area contributed by atoms with Gasteiger partial charge >= 0.3 is 0 Å². The predicted molar refractivity (Wildman–Crippen MR) is 43.9 cm³/mol. The monoisotopic (exact) mass is 164 g/mol. The number of carbonyl (C=O) groups is 2. The number of aldehydes is 1. The van der Waals surface area contributed by atoms with E-state index in [1.165, 1.54) is 13.1 Å². The van der Waals surface area contributed by atoms with Crippen LogP contribution in [0.15, 0.2) is 18.3 Å². The molecule has 0 aliphatic carbocycles. The van der Waals surface area contributed by atoms with E-state index in [0.29, 0.717) is 17.7 Å². The van der Waals surface area contributed by atoms with Gasteiger partial charge in [-0.3, -0.25) is 9.59 Å². The van der Waals surface area contributed by atoms with Crippen molar-refractivity contribution in [1.29, 1.82) is 0 Å². The van der Waals surface area contributed by atoms with Crippen LogP contribution in [-0.2, 0) is 4.79 Å². The highest BCUT2D eigenvalue weighted by Gasteiger charge is 1.95. The third-order valence-electron chi connectivity index (χ3n) is 1.23. The molecule has 0 saturated carbocycles. The number of amides is 1. The van der Waals surface area contributed by atoms with E-state index in [-0.39, 0.29) is 5.91 Å². The number of carbonyl (C=O) groups excluding carboxylic acids is 2. The zero-order chi connectivity index (χ0) is 8.97. The van der Waals surface area contributed by atoms with Gasteiger partial charge in [0.15, 0.2) is 6.29 Å². The van der Waals surface area contributed by atoms with Crippen molar-refractivity contribution in [3.63, 3.8) is 0 Å². The van der Waals surface area contributed by atoms with Gasteiger partial charge in [-0.15, -0.1) is 0 Å². The number of aromatic nitrogens is 1. The number of rotatable bonds is 2. The van der Waals surface area contributed by atoms with Crippen molar-refractivity contribution < 1.29 is 9.59 Å². The van der Waals surface area contributed by atoms with Gasteiger partial charge < -0.3 is 5.32 Å². The summed E-state index contributed by atoms with van der Waals surface area (Å²) in [6.07, 6.45) is 2.10. The standard InChI is InChI=1S/C8H8N2O2/c1-6(12)10-8-3-2-7(5-11)4-9-8/h2-5H,1H3,(H,9,10,12). The molecule has 1 amide bonds. The zero-order valence-electron chi connectivity index (χ0n) is 6.57. The fourth-order valence-corrected chi connectivity index (χ4v) is 0.729. The van der Waals surface area contributed by atoms with E-state index < -0.39 is 0 Å². The molecule has 12 heavy (non-hydrogen) atoms. The Morgan fingerprint density at radius 1 is 1.58 bits per heavy atom. The first-order chi connectivity index (χ1) is 5.72. The van der Waals surface area contributed by atoms with Gasteiger partial charge in [-0.2, -0.15) is 0 Å². The van der Waals surface area contributed by atoms with Gasteiger partial charge in [0.2, 0.25) is 5.91 Å². The smallest absolute Gasteiger partial charge is 0.222 e. The Labute approximate surface area is 69.6 Å². The summed E-state index contributed by atoms with van der Waals surface area (Å²) in [5, 5.41) is 2.49. The van der Waals surface area contributed by atoms with Crippen LogP contribution in [0, 0.1) is 0 Å². The molecule has 0 aromatic carbocycles. The van der Waals surface area contributed by atoms with Crippen molar-refractivity contribution in [2.24, 2.45) is 0 Å². The summed E-state index contributed by atoms with van der Waals surface area (Å²) in [7, 11) is 0. The quantitative estimate of drug-likeness (QED) is 0.659. The Morgan fingerprint density at radius 3 is 2.75 bits per heavy atom. The molecular weight excluding hydrogens is 156 g/mol. The lowest BCUT2D eigenvalue weighted by molar-refractivity contribution is -0.114. The van der Waals surface area contributed by atoms with Gasteiger partial charge in [0.25, 0.3) is 0 Å². The molecule has 62 valence electrons. The van der Waals surface area contributed by atoms with Gasteiger partial charge in [0, 0.05) is 18.7 Å². The Bertz CT molecular complexity index is 292. The summed E-state index contributed by atoms with van der Waals surface area (Å²) in [5.41, 5.74) is 0.490. The molecule has 0 spiro atoms. The van der Waals surface area contributed by atoms with Gasteiger partial charge in [0.05, 0.1) is 0 Å². The average Bonchev–Trinajstić information content (AvgIpc) is 2.05. The molecule has 0 aliphatic rings. The highest BCUT2D eigenvalue weighted by Crippen LogP contribution is 2.02. The van der Waals surface area contributed by atoms with Crippen molar-refractivity contribution in [2.45, 2.75) is 6.92 Å². The number of hydrogen-bond acceptors (Lipinski definition) is 3. The second kappa shape index (κ2) is 3.61. The van der Waals surface area contributed by atoms with Crippen molar-refractivity contribution in [1.82, 2.24) is 4.98 Å². The lowest BCUT2D eigenvalue weighted by Gasteiger charge is -1.98. The van der Waals surface area contributed by atoms with Crippen LogP contribution >= 0.6 is 0 Å². The molecule has 0 aliphatic heterocycles. The van der Waals surface area contributed by atoms with Crippen molar-refractivity contribution >= 4 is 18.0 Å². The van der Waals surface area contributed by atoms with Crippen LogP contribution in [0.25, 0.3) is 0 Å². The molecule has 4 heteroatoms. The Balaban J connectivity index is 2.77. The summed E-state index contributed by atoms with van der Waals surface area (Å²) in [6.45, 7) is 1.40. The molecule has 0 radical (unpaired) electrons. The Kier molecular flexibility index (Phi) is 2.53. The maximum atomic E-state index is 10.5. The highest BCUT2D eigenvalue weighted by atomic mass is 16.1. The number of hydrogen-bond donors (Lipinski definition) is 1. The fraction of sp³-hybridized carbons (Fsp3) is 0.125. The molecule has 1 heterocycles. The molecular formula is C8H8N2O2. The highest BCUT2D eigenvalue weighted by molar-refractivity contribution is 5.87. The second-order valence-electron chi connectivity index (χ2n) is 2.28. The first kappa shape index (κ1) is 8.39. The van der Waals surface area contributed by atoms with E-state index in [2.05, 4.69) is 10.3 Å². The lowest BCUT2D eigenvalue weighted by Crippen LogP contribution is -2.07. The van der Waals surface area contributed by atoms with E-state index in [4.69, 9.17) is 0 Å². The first-order valence-corrected chi connectivity index (χ1v) is 3.41. The third kappa shape index (κ3) is 2.16. The summed E-state index contributed by atoms with van der Waals surface area (Å²) < 4.78 is 0. The normalized spacial score (nSPS) is 9.08. The molecule has 1 aromatic heterocycles. The fourth-order valence-electron chi connectivity index (χ4n) is 0.729. The van der Waals surface area contributed by atoms with Gasteiger partial charge in [-0.1, -0.05) is 0 Å². The molecule has 0 saturated heterocycles. The molecule has 0 bridgehead atoms. The van der Waals surface area contributed by atoms with Crippen LogP contribution in [0.2, 0.25) is 0 Å². The Hall–Kier alpha value is -1.71. The average molecular weight is 164 g/mol. The number of pyridine rings is 1. The van der Waals surface area contributed by atoms with Crippen LogP contribution in [-0.4, -0.2) is 17.2 Å². The van der Waals surface area contributed by atoms with Crippen LogP contribution < -0.4 is 5.32 Å². The zero-order valence-corrected chi connectivity index (χ0v) is 6.57. The van der Waals surface area contributed by atoms with E-state index in [9.17, 15) is 9.59 Å². The second-order valence-corrected chi connectivity index (χ2v) is 2.28. The molecule has 0 unspecified atom stereocenters. The summed E-state index contributed by atoms with van der Waals surface area (Å²) in [6, 6.07) is 3.16. The molecule has 0 fully saturated rings. The maximum absolute atomic E-state index is 10.5. The van der Waals surface area contributed by atoms with Gasteiger partial charge in [0.1, 0.15) is 5.82 Å². The summed E-state index contributed by atoms with van der Waals surface area (Å²) >= 11 is 0. The SMILES string of the molecule is CC(=O)Nc1ccc(C=O)cn1. The van der Waals surface area contributed by atoms with E-state index in [0.717, 1.165) is 0 Å². The molecule has 0 atom stereocenters. The Morgan fingerprint density at radius 2 is 2.33 bits per heavy atom. The van der Waals surface area contributed by atoms with Crippen LogP contribution in [0.3, 0.4) is 0 Å². The van der Waals surface area contributed by atoms with Crippen molar-refractivity contribution in [2.75, 3.05) is 5.32 Å². The molecule has 1 rings (SSSR count). The molecule has 1 N–H and O–H groups in total. The minimum atomic E-state index is -0.179. The van der Waals surface area contributed by atoms with E-state index >= 15 is 0 Å². The summed E-state index contributed by atoms with van der Waals surface area (Å²) in [5.74, 6) is 0.273. The van der Waals surface area contributed by atoms with Crippen LogP contribution in [0.5, 0.6) is 0 Å². The maximum Gasteiger partial charge on any atom is 0.222 e. The van der Waals surface area contributed by atoms with Gasteiger partial charge in [-0.05, 0) is 12.1 Å². The van der Waals surface area contributed by atoms with Gasteiger partial charge in [-0.25, -0.2) is 4.98 Å². The third-order valence-corrected chi connectivity index (χ3v) is 1.23. The molecule has 4 nitrogen and oxygen atoms in total. The topological polar surface area (TPSA) is 59.1 Å². The minimum Gasteiger partial charge on any atom is -0.311 e. The van der Waals surface area contributed by atoms with E-state index in [1.54, 1.807) is 12.1 Å². The predicted octanol–water partition coefficient (Wildman–Crippen LogP) is 0.852. The van der Waals surface area contributed by atoms with E-state index in [1.807, 2.05) is 0 Å². The number of nitrogens with one attached hydrogen (secondary N) is 1. The molecule has 1 aromatic rings. The van der Waals surface area contributed by atoms with Crippen molar-refractivity contribution in [3.05, 3.63) is 23.9 Å². The summed E-state index contributed by atoms with van der Waals surface area (Å²) in [4.78, 5) is 24.6.